The maximum atomic E-state index is 13.1. The first-order valence-electron chi connectivity index (χ1n) is 11.5. The number of hydrogen-bond donors (Lipinski definition) is 1. The van der Waals surface area contributed by atoms with Crippen molar-refractivity contribution in [2.75, 3.05) is 0 Å². The summed E-state index contributed by atoms with van der Waals surface area (Å²) in [6, 6.07) is 27.7. The summed E-state index contributed by atoms with van der Waals surface area (Å²) in [5, 5.41) is 9.44. The van der Waals surface area contributed by atoms with E-state index in [0.29, 0.717) is 11.5 Å². The Labute approximate surface area is 211 Å². The molecule has 0 bridgehead atoms. The maximum absolute atomic E-state index is 13.1. The molecular weight excluding hydrogens is 480 g/mol. The number of phenols is 1. The largest absolute Gasteiger partial charge is 0.508 e. The van der Waals surface area contributed by atoms with Crippen LogP contribution in [0.5, 0.6) is 17.2 Å². The topological polar surface area (TPSA) is 63.6 Å². The third kappa shape index (κ3) is 5.37. The molecule has 0 spiro atoms. The minimum absolute atomic E-state index is 0.198. The monoisotopic (exact) mass is 506 g/mol. The Bertz CT molecular complexity index is 1370. The Hall–Kier alpha value is -3.28. The number of halogens is 1. The molecule has 4 aromatic carbocycles. The van der Waals surface area contributed by atoms with E-state index < -0.39 is 14.7 Å². The van der Waals surface area contributed by atoms with Crippen LogP contribution in [0.3, 0.4) is 0 Å². The van der Waals surface area contributed by atoms with Gasteiger partial charge in [0.15, 0.2) is 0 Å². The number of sulfone groups is 1. The highest BCUT2D eigenvalue weighted by Gasteiger charge is 2.26. The van der Waals surface area contributed by atoms with Crippen LogP contribution in [0.25, 0.3) is 11.1 Å². The van der Waals surface area contributed by atoms with Gasteiger partial charge in [0.2, 0.25) is 9.84 Å². The zero-order valence-electron chi connectivity index (χ0n) is 19.6. The number of rotatable bonds is 8. The lowest BCUT2D eigenvalue weighted by atomic mass is 9.93. The van der Waals surface area contributed by atoms with Crippen molar-refractivity contribution in [1.29, 1.82) is 0 Å². The van der Waals surface area contributed by atoms with Crippen LogP contribution in [0.4, 0.5) is 0 Å². The number of benzene rings is 4. The van der Waals surface area contributed by atoms with Gasteiger partial charge in [0.05, 0.1) is 14.7 Å². The van der Waals surface area contributed by atoms with E-state index in [2.05, 4.69) is 0 Å². The molecule has 6 heteroatoms. The molecule has 0 amide bonds. The fourth-order valence-electron chi connectivity index (χ4n) is 3.92. The van der Waals surface area contributed by atoms with Crippen LogP contribution in [0.1, 0.15) is 32.3 Å². The van der Waals surface area contributed by atoms with Crippen molar-refractivity contribution in [2.45, 2.75) is 41.4 Å². The first-order valence-corrected chi connectivity index (χ1v) is 13.3. The summed E-state index contributed by atoms with van der Waals surface area (Å²) in [5.41, 5.74) is 2.90. The van der Waals surface area contributed by atoms with Gasteiger partial charge in [0.25, 0.3) is 0 Å². The van der Waals surface area contributed by atoms with E-state index in [1.54, 1.807) is 60.7 Å². The second kappa shape index (κ2) is 10.1. The van der Waals surface area contributed by atoms with Gasteiger partial charge >= 0.3 is 0 Å². The second-order valence-corrected chi connectivity index (χ2v) is 11.0. The summed E-state index contributed by atoms with van der Waals surface area (Å²) in [5.74, 6) is 1.39. The first kappa shape index (κ1) is 24.8. The van der Waals surface area contributed by atoms with Gasteiger partial charge in [-0.3, -0.25) is 0 Å². The van der Waals surface area contributed by atoms with Crippen molar-refractivity contribution in [3.63, 3.8) is 0 Å². The lowest BCUT2D eigenvalue weighted by Crippen LogP contribution is -2.16. The van der Waals surface area contributed by atoms with Gasteiger partial charge in [0.1, 0.15) is 17.2 Å². The van der Waals surface area contributed by atoms with E-state index in [1.807, 2.05) is 50.2 Å². The number of phenolic OH excluding ortho intramolecular Hbond substituents is 1. The van der Waals surface area contributed by atoms with Crippen molar-refractivity contribution < 1.29 is 18.3 Å². The fourth-order valence-corrected chi connectivity index (χ4v) is 5.31. The molecular formula is C29H27ClO4S. The zero-order valence-corrected chi connectivity index (χ0v) is 21.2. The third-order valence-corrected chi connectivity index (χ3v) is 8.77. The highest BCUT2D eigenvalue weighted by Crippen LogP contribution is 2.37. The van der Waals surface area contributed by atoms with E-state index in [-0.39, 0.29) is 15.5 Å². The van der Waals surface area contributed by atoms with Gasteiger partial charge in [-0.2, -0.15) is 0 Å². The van der Waals surface area contributed by atoms with Crippen molar-refractivity contribution in [2.24, 2.45) is 0 Å². The average molecular weight is 507 g/mol. The molecule has 1 N–H and O–H groups in total. The molecule has 4 rings (SSSR count). The highest BCUT2D eigenvalue weighted by molar-refractivity contribution is 7.91. The van der Waals surface area contributed by atoms with Crippen molar-refractivity contribution in [1.82, 2.24) is 0 Å². The van der Waals surface area contributed by atoms with Crippen LogP contribution in [0, 0.1) is 0 Å². The summed E-state index contributed by atoms with van der Waals surface area (Å²) >= 11 is 6.67. The third-order valence-electron chi connectivity index (χ3n) is 6.23. The van der Waals surface area contributed by atoms with Gasteiger partial charge in [-0.15, -0.1) is 11.6 Å². The Morgan fingerprint density at radius 2 is 1.09 bits per heavy atom. The SMILES string of the molecule is CCC(Cl)(CC)c1ccc(S(=O)(=O)c2ccc(Oc3ccc(-c4ccc(O)cc4)cc3)cc2)cc1. The molecule has 0 aliphatic heterocycles. The molecule has 0 radical (unpaired) electrons. The van der Waals surface area contributed by atoms with Gasteiger partial charge < -0.3 is 9.84 Å². The van der Waals surface area contributed by atoms with Crippen LogP contribution in [-0.2, 0) is 14.7 Å². The molecule has 0 saturated heterocycles. The molecule has 4 aromatic rings. The Morgan fingerprint density at radius 3 is 1.54 bits per heavy atom. The molecule has 180 valence electrons. The molecule has 0 atom stereocenters. The minimum atomic E-state index is -3.66. The lowest BCUT2D eigenvalue weighted by molar-refractivity contribution is 0.475. The van der Waals surface area contributed by atoms with Crippen LogP contribution >= 0.6 is 11.6 Å². The number of alkyl halides is 1. The lowest BCUT2D eigenvalue weighted by Gasteiger charge is -2.24. The zero-order chi connectivity index (χ0) is 25.1. The molecule has 0 aliphatic rings. The van der Waals surface area contributed by atoms with Crippen LogP contribution in [0.2, 0.25) is 0 Å². The molecule has 0 aliphatic carbocycles. The molecule has 4 nitrogen and oxygen atoms in total. The standard InChI is InChI=1S/C29H27ClO4S/c1-3-29(30,4-2)23-9-17-27(18-10-23)35(32,33)28-19-15-26(16-20-28)34-25-13-7-22(8-14-25)21-5-11-24(31)12-6-21/h5-20,31H,3-4H2,1-2H3. The van der Waals surface area contributed by atoms with Crippen molar-refractivity contribution in [3.8, 4) is 28.4 Å². The van der Waals surface area contributed by atoms with Crippen LogP contribution < -0.4 is 4.74 Å². The van der Waals surface area contributed by atoms with Crippen LogP contribution in [-0.4, -0.2) is 13.5 Å². The molecule has 0 heterocycles. The highest BCUT2D eigenvalue weighted by atomic mass is 35.5. The van der Waals surface area contributed by atoms with E-state index in [4.69, 9.17) is 16.3 Å². The van der Waals surface area contributed by atoms with E-state index in [1.165, 1.54) is 0 Å². The summed E-state index contributed by atoms with van der Waals surface area (Å²) in [4.78, 5) is -0.0573. The quantitative estimate of drug-likeness (QED) is 0.246. The maximum Gasteiger partial charge on any atom is 0.206 e. The minimum Gasteiger partial charge on any atom is -0.508 e. The molecule has 0 unspecified atom stereocenters. The average Bonchev–Trinajstić information content (AvgIpc) is 2.89. The predicted octanol–water partition coefficient (Wildman–Crippen LogP) is 7.94. The summed E-state index contributed by atoms with van der Waals surface area (Å²) in [6.45, 7) is 4.05. The van der Waals surface area contributed by atoms with Gasteiger partial charge in [-0.25, -0.2) is 8.42 Å². The van der Waals surface area contributed by atoms with Crippen LogP contribution in [0.15, 0.2) is 107 Å². The smallest absolute Gasteiger partial charge is 0.206 e. The first-order chi connectivity index (χ1) is 16.7. The van der Waals surface area contributed by atoms with Gasteiger partial charge in [-0.1, -0.05) is 50.2 Å². The van der Waals surface area contributed by atoms with Gasteiger partial charge in [0, 0.05) is 0 Å². The van der Waals surface area contributed by atoms with E-state index in [9.17, 15) is 13.5 Å². The molecule has 0 saturated carbocycles. The summed E-state index contributed by atoms with van der Waals surface area (Å²) in [7, 11) is -3.66. The Balaban J connectivity index is 1.48. The fraction of sp³-hybridized carbons (Fsp3) is 0.172. The molecule has 35 heavy (non-hydrogen) atoms. The van der Waals surface area contributed by atoms with Crippen molar-refractivity contribution >= 4 is 21.4 Å². The predicted molar refractivity (Wildman–Crippen MR) is 140 cm³/mol. The van der Waals surface area contributed by atoms with Crippen molar-refractivity contribution in [3.05, 3.63) is 103 Å². The number of hydrogen-bond acceptors (Lipinski definition) is 4. The number of ether oxygens (including phenoxy) is 1. The second-order valence-electron chi connectivity index (χ2n) is 8.34. The Morgan fingerprint density at radius 1 is 0.686 bits per heavy atom. The normalized spacial score (nSPS) is 11.9. The summed E-state index contributed by atoms with van der Waals surface area (Å²) < 4.78 is 32.1. The van der Waals surface area contributed by atoms with E-state index >= 15 is 0 Å². The molecule has 0 aromatic heterocycles. The summed E-state index contributed by atoms with van der Waals surface area (Å²) in [6.07, 6.45) is 1.52. The van der Waals surface area contributed by atoms with E-state index in [0.717, 1.165) is 29.5 Å². The molecule has 0 fully saturated rings. The van der Waals surface area contributed by atoms with Gasteiger partial charge in [-0.05, 0) is 90.2 Å². The Kier molecular flexibility index (Phi) is 7.20. The number of aromatic hydroxyl groups is 1.